The molecule has 1 aliphatic heterocycles. The molecule has 1 N–H and O–H groups in total. The Morgan fingerprint density at radius 2 is 1.86 bits per heavy atom. The highest BCUT2D eigenvalue weighted by atomic mass is 16.2. The maximum Gasteiger partial charge on any atom is 0.243 e. The van der Waals surface area contributed by atoms with Crippen LogP contribution >= 0.6 is 0 Å². The zero-order valence-electron chi connectivity index (χ0n) is 12.5. The van der Waals surface area contributed by atoms with E-state index in [1.807, 2.05) is 24.3 Å². The molecular weight excluding hydrogens is 264 g/mol. The minimum atomic E-state index is -0.387. The average molecular weight is 286 g/mol. The number of nitrogens with zero attached hydrogens (tertiary/aromatic N) is 1. The Bertz CT molecular complexity index is 549. The lowest BCUT2D eigenvalue weighted by Gasteiger charge is -2.30. The van der Waals surface area contributed by atoms with E-state index in [1.165, 1.54) is 6.42 Å². The number of carbonyl (C=O) groups is 2. The summed E-state index contributed by atoms with van der Waals surface area (Å²) in [6.45, 7) is 0. The third-order valence-electron chi connectivity index (χ3n) is 4.72. The van der Waals surface area contributed by atoms with Crippen molar-refractivity contribution in [3.05, 3.63) is 29.8 Å². The minimum absolute atomic E-state index is 0.0737. The van der Waals surface area contributed by atoms with E-state index in [0.29, 0.717) is 6.42 Å². The molecule has 112 valence electrons. The van der Waals surface area contributed by atoms with E-state index in [0.717, 1.165) is 36.9 Å². The first-order chi connectivity index (χ1) is 10.2. The van der Waals surface area contributed by atoms with E-state index in [1.54, 1.807) is 11.9 Å². The highest BCUT2D eigenvalue weighted by Crippen LogP contribution is 2.35. The van der Waals surface area contributed by atoms with Crippen LogP contribution in [0, 0.1) is 5.92 Å². The number of para-hydroxylation sites is 1. The van der Waals surface area contributed by atoms with E-state index in [4.69, 9.17) is 0 Å². The number of likely N-dealkylation sites (N-methyl/N-ethyl adjacent to an activating group) is 1. The molecule has 1 aromatic carbocycles. The molecule has 0 spiro atoms. The van der Waals surface area contributed by atoms with Crippen LogP contribution in [0.1, 0.15) is 37.7 Å². The second-order valence-corrected chi connectivity index (χ2v) is 6.01. The number of carbonyl (C=O) groups excluding carboxylic acids is 2. The van der Waals surface area contributed by atoms with Crippen molar-refractivity contribution >= 4 is 17.5 Å². The van der Waals surface area contributed by atoms with Crippen LogP contribution in [-0.4, -0.2) is 24.9 Å². The molecule has 0 unspecified atom stereocenters. The number of hydrogen-bond donors (Lipinski definition) is 1. The average Bonchev–Trinajstić information content (AvgIpc) is 2.93. The molecule has 0 bridgehead atoms. The fraction of sp³-hybridized carbons (Fsp3) is 0.529. The topological polar surface area (TPSA) is 49.4 Å². The van der Waals surface area contributed by atoms with Gasteiger partial charge in [-0.2, -0.15) is 0 Å². The molecule has 2 aliphatic rings. The lowest BCUT2D eigenvalue weighted by atomic mass is 9.88. The van der Waals surface area contributed by atoms with Gasteiger partial charge in [0, 0.05) is 25.1 Å². The quantitative estimate of drug-likeness (QED) is 0.906. The molecule has 0 radical (unpaired) electrons. The monoisotopic (exact) mass is 286 g/mol. The molecule has 1 fully saturated rings. The molecule has 21 heavy (non-hydrogen) atoms. The van der Waals surface area contributed by atoms with Crippen LogP contribution in [0.5, 0.6) is 0 Å². The third-order valence-corrected chi connectivity index (χ3v) is 4.72. The van der Waals surface area contributed by atoms with E-state index in [9.17, 15) is 9.59 Å². The van der Waals surface area contributed by atoms with Gasteiger partial charge < -0.3 is 5.32 Å². The van der Waals surface area contributed by atoms with Crippen molar-refractivity contribution in [3.63, 3.8) is 0 Å². The lowest BCUT2D eigenvalue weighted by molar-refractivity contribution is -0.128. The fourth-order valence-electron chi connectivity index (χ4n) is 3.58. The van der Waals surface area contributed by atoms with Gasteiger partial charge in [0.15, 0.2) is 0 Å². The van der Waals surface area contributed by atoms with Gasteiger partial charge in [0.05, 0.1) is 0 Å². The molecule has 1 saturated carbocycles. The second kappa shape index (κ2) is 5.88. The van der Waals surface area contributed by atoms with Gasteiger partial charge in [0.1, 0.15) is 6.04 Å². The van der Waals surface area contributed by atoms with Crippen LogP contribution in [0.4, 0.5) is 5.69 Å². The number of fused-ring (bicyclic) bond motifs is 1. The van der Waals surface area contributed by atoms with E-state index >= 15 is 0 Å². The summed E-state index contributed by atoms with van der Waals surface area (Å²) in [5.74, 6) is 0.140. The number of amides is 2. The van der Waals surface area contributed by atoms with E-state index < -0.39 is 0 Å². The number of rotatable bonds is 2. The predicted octanol–water partition coefficient (Wildman–Crippen LogP) is 2.27. The van der Waals surface area contributed by atoms with Crippen LogP contribution in [-0.2, 0) is 16.0 Å². The summed E-state index contributed by atoms with van der Waals surface area (Å²) < 4.78 is 0. The Morgan fingerprint density at radius 3 is 2.57 bits per heavy atom. The summed E-state index contributed by atoms with van der Waals surface area (Å²) >= 11 is 0. The van der Waals surface area contributed by atoms with Crippen LogP contribution in [0.3, 0.4) is 0 Å². The van der Waals surface area contributed by atoms with Gasteiger partial charge in [-0.1, -0.05) is 37.5 Å². The van der Waals surface area contributed by atoms with Gasteiger partial charge >= 0.3 is 0 Å². The number of benzene rings is 1. The maximum absolute atomic E-state index is 12.9. The normalized spacial score (nSPS) is 22.0. The van der Waals surface area contributed by atoms with Gasteiger partial charge in [-0.15, -0.1) is 0 Å². The lowest BCUT2D eigenvalue weighted by Crippen LogP contribution is -2.49. The molecule has 1 aromatic rings. The molecule has 2 amide bonds. The highest BCUT2D eigenvalue weighted by molar-refractivity contribution is 6.04. The summed E-state index contributed by atoms with van der Waals surface area (Å²) in [5, 5.41) is 2.70. The molecule has 3 rings (SSSR count). The van der Waals surface area contributed by atoms with Gasteiger partial charge in [0.2, 0.25) is 11.8 Å². The fourth-order valence-corrected chi connectivity index (χ4v) is 3.58. The van der Waals surface area contributed by atoms with E-state index in [2.05, 4.69) is 5.32 Å². The van der Waals surface area contributed by atoms with Crippen molar-refractivity contribution in [1.82, 2.24) is 5.32 Å². The van der Waals surface area contributed by atoms with Crippen molar-refractivity contribution in [2.45, 2.75) is 44.6 Å². The van der Waals surface area contributed by atoms with Crippen molar-refractivity contribution in [2.75, 3.05) is 11.9 Å². The van der Waals surface area contributed by atoms with Crippen LogP contribution in [0.15, 0.2) is 24.3 Å². The molecule has 1 heterocycles. The first kappa shape index (κ1) is 14.1. The Hall–Kier alpha value is -1.84. The number of anilines is 1. The number of nitrogens with one attached hydrogen (secondary N) is 1. The summed E-state index contributed by atoms with van der Waals surface area (Å²) in [7, 11) is 1.63. The highest BCUT2D eigenvalue weighted by Gasteiger charge is 2.40. The SMILES string of the molecule is CNC(=O)[C@H]1Cc2ccccc2N1C(=O)C1CCCCC1. The predicted molar refractivity (Wildman–Crippen MR) is 82.1 cm³/mol. The molecule has 0 aromatic heterocycles. The largest absolute Gasteiger partial charge is 0.357 e. The molecule has 4 heteroatoms. The molecule has 1 atom stereocenters. The molecule has 4 nitrogen and oxygen atoms in total. The Balaban J connectivity index is 1.91. The van der Waals surface area contributed by atoms with Crippen molar-refractivity contribution < 1.29 is 9.59 Å². The van der Waals surface area contributed by atoms with Gasteiger partial charge in [-0.05, 0) is 24.5 Å². The third kappa shape index (κ3) is 2.55. The number of hydrogen-bond acceptors (Lipinski definition) is 2. The first-order valence-corrected chi connectivity index (χ1v) is 7.85. The first-order valence-electron chi connectivity index (χ1n) is 7.85. The maximum atomic E-state index is 12.9. The summed E-state index contributed by atoms with van der Waals surface area (Å²) in [4.78, 5) is 26.9. The zero-order chi connectivity index (χ0) is 14.8. The summed E-state index contributed by atoms with van der Waals surface area (Å²) in [5.41, 5.74) is 2.01. The smallest absolute Gasteiger partial charge is 0.243 e. The van der Waals surface area contributed by atoms with Crippen molar-refractivity contribution in [3.8, 4) is 0 Å². The zero-order valence-corrected chi connectivity index (χ0v) is 12.5. The Labute approximate surface area is 125 Å². The van der Waals surface area contributed by atoms with Gasteiger partial charge in [0.25, 0.3) is 0 Å². The Morgan fingerprint density at radius 1 is 1.14 bits per heavy atom. The van der Waals surface area contributed by atoms with Crippen molar-refractivity contribution in [2.24, 2.45) is 5.92 Å². The standard InChI is InChI=1S/C17H22N2O2/c1-18-16(20)15-11-13-9-5-6-10-14(13)19(15)17(21)12-7-3-2-4-8-12/h5-6,9-10,12,15H,2-4,7-8,11H2,1H3,(H,18,20)/t15-/m1/s1. The Kier molecular flexibility index (Phi) is 3.95. The van der Waals surface area contributed by atoms with Crippen LogP contribution in [0.25, 0.3) is 0 Å². The van der Waals surface area contributed by atoms with Crippen LogP contribution in [0.2, 0.25) is 0 Å². The van der Waals surface area contributed by atoms with Gasteiger partial charge in [-0.25, -0.2) is 0 Å². The van der Waals surface area contributed by atoms with Crippen LogP contribution < -0.4 is 10.2 Å². The molecule has 1 aliphatic carbocycles. The summed E-state index contributed by atoms with van der Waals surface area (Å²) in [6.07, 6.45) is 6.00. The summed E-state index contributed by atoms with van der Waals surface area (Å²) in [6, 6.07) is 7.49. The van der Waals surface area contributed by atoms with E-state index in [-0.39, 0.29) is 23.8 Å². The molecule has 0 saturated heterocycles. The molecular formula is C17H22N2O2. The van der Waals surface area contributed by atoms with Gasteiger partial charge in [-0.3, -0.25) is 14.5 Å². The minimum Gasteiger partial charge on any atom is -0.357 e. The second-order valence-electron chi connectivity index (χ2n) is 6.01. The van der Waals surface area contributed by atoms with Crippen molar-refractivity contribution in [1.29, 1.82) is 0 Å².